The SMILES string of the molecule is COCC1CCOC(CCc2ccc3c(F)c(CCc4ccc(OC(F)F)c(F)c4)ccc3c2)O1. The summed E-state index contributed by atoms with van der Waals surface area (Å²) in [6, 6.07) is 13.1. The van der Waals surface area contributed by atoms with Gasteiger partial charge in [0.1, 0.15) is 5.82 Å². The van der Waals surface area contributed by atoms with E-state index in [2.05, 4.69) is 4.74 Å². The molecule has 0 bridgehead atoms. The summed E-state index contributed by atoms with van der Waals surface area (Å²) >= 11 is 0. The lowest BCUT2D eigenvalue weighted by Gasteiger charge is -2.30. The van der Waals surface area contributed by atoms with E-state index in [0.29, 0.717) is 49.0 Å². The second-order valence-electron chi connectivity index (χ2n) is 8.58. The number of fused-ring (bicyclic) bond motifs is 1. The number of halogens is 4. The van der Waals surface area contributed by atoms with Gasteiger partial charge in [0, 0.05) is 18.9 Å². The number of ether oxygens (including phenoxy) is 4. The molecule has 1 aliphatic heterocycles. The van der Waals surface area contributed by atoms with E-state index < -0.39 is 18.2 Å². The quantitative estimate of drug-likeness (QED) is 0.315. The van der Waals surface area contributed by atoms with Gasteiger partial charge in [0.25, 0.3) is 0 Å². The Morgan fingerprint density at radius 3 is 2.54 bits per heavy atom. The van der Waals surface area contributed by atoms with E-state index in [1.165, 1.54) is 6.07 Å². The minimum absolute atomic E-state index is 0.0447. The van der Waals surface area contributed by atoms with Crippen molar-refractivity contribution < 1.29 is 36.5 Å². The molecule has 0 amide bonds. The standard InChI is InChI=1S/C27H28F4O4/c1-32-16-21-12-13-33-25(34-21)11-5-17-3-9-22-20(14-17)8-7-19(26(22)29)6-2-18-4-10-24(23(28)15-18)35-27(30)31/h3-4,7-10,14-15,21,25,27H,2,5-6,11-13,16H2,1H3. The average Bonchev–Trinajstić information content (AvgIpc) is 2.84. The summed E-state index contributed by atoms with van der Waals surface area (Å²) in [7, 11) is 1.65. The van der Waals surface area contributed by atoms with Gasteiger partial charge in [-0.05, 0) is 59.9 Å². The molecular formula is C27H28F4O4. The summed E-state index contributed by atoms with van der Waals surface area (Å²) in [4.78, 5) is 0. The molecule has 35 heavy (non-hydrogen) atoms. The van der Waals surface area contributed by atoms with Gasteiger partial charge in [-0.2, -0.15) is 8.78 Å². The van der Waals surface area contributed by atoms with Crippen LogP contribution in [0.2, 0.25) is 0 Å². The van der Waals surface area contributed by atoms with Crippen LogP contribution in [-0.2, 0) is 33.5 Å². The van der Waals surface area contributed by atoms with Crippen LogP contribution in [-0.4, -0.2) is 39.3 Å². The van der Waals surface area contributed by atoms with Crippen molar-refractivity contribution in [2.75, 3.05) is 20.3 Å². The lowest BCUT2D eigenvalue weighted by Crippen LogP contribution is -2.35. The molecular weight excluding hydrogens is 464 g/mol. The lowest BCUT2D eigenvalue weighted by molar-refractivity contribution is -0.223. The Labute approximate surface area is 201 Å². The molecule has 1 heterocycles. The van der Waals surface area contributed by atoms with Gasteiger partial charge in [-0.15, -0.1) is 0 Å². The number of alkyl halides is 2. The molecule has 0 spiro atoms. The van der Waals surface area contributed by atoms with Gasteiger partial charge in [-0.1, -0.05) is 36.4 Å². The van der Waals surface area contributed by atoms with Crippen LogP contribution in [0.25, 0.3) is 10.8 Å². The molecule has 4 nitrogen and oxygen atoms in total. The normalized spacial score (nSPS) is 18.3. The zero-order valence-electron chi connectivity index (χ0n) is 19.4. The van der Waals surface area contributed by atoms with Crippen LogP contribution in [0, 0.1) is 11.6 Å². The van der Waals surface area contributed by atoms with Crippen LogP contribution >= 0.6 is 0 Å². The fourth-order valence-electron chi connectivity index (χ4n) is 4.30. The summed E-state index contributed by atoms with van der Waals surface area (Å²) < 4.78 is 74.5. The summed E-state index contributed by atoms with van der Waals surface area (Å²) in [5.41, 5.74) is 2.14. The molecule has 3 aromatic rings. The minimum Gasteiger partial charge on any atom is -0.432 e. The first kappa shape index (κ1) is 25.4. The number of rotatable bonds is 10. The number of hydrogen-bond donors (Lipinski definition) is 0. The smallest absolute Gasteiger partial charge is 0.387 e. The summed E-state index contributed by atoms with van der Waals surface area (Å²) in [6.07, 6.45) is 2.72. The van der Waals surface area contributed by atoms with E-state index in [1.807, 2.05) is 18.2 Å². The maximum atomic E-state index is 15.2. The topological polar surface area (TPSA) is 36.9 Å². The van der Waals surface area contributed by atoms with E-state index >= 15 is 4.39 Å². The van der Waals surface area contributed by atoms with Crippen molar-refractivity contribution in [2.24, 2.45) is 0 Å². The molecule has 4 rings (SSSR count). The van der Waals surface area contributed by atoms with Crippen molar-refractivity contribution in [3.05, 3.63) is 76.9 Å². The van der Waals surface area contributed by atoms with E-state index in [1.54, 1.807) is 19.2 Å². The largest absolute Gasteiger partial charge is 0.432 e. The molecule has 188 valence electrons. The van der Waals surface area contributed by atoms with Crippen molar-refractivity contribution in [1.29, 1.82) is 0 Å². The molecule has 0 N–H and O–H groups in total. The van der Waals surface area contributed by atoms with Gasteiger partial charge in [0.05, 0.1) is 19.3 Å². The predicted octanol–water partition coefficient (Wildman–Crippen LogP) is 6.22. The van der Waals surface area contributed by atoms with E-state index in [4.69, 9.17) is 14.2 Å². The Kier molecular flexibility index (Phi) is 8.59. The highest BCUT2D eigenvalue weighted by Crippen LogP contribution is 2.26. The zero-order chi connectivity index (χ0) is 24.8. The number of hydrogen-bond acceptors (Lipinski definition) is 4. The molecule has 1 saturated heterocycles. The van der Waals surface area contributed by atoms with Crippen molar-refractivity contribution >= 4 is 10.8 Å². The summed E-state index contributed by atoms with van der Waals surface area (Å²) in [6.45, 7) is -1.90. The van der Waals surface area contributed by atoms with Gasteiger partial charge < -0.3 is 18.9 Å². The molecule has 3 aromatic carbocycles. The fourth-order valence-corrected chi connectivity index (χ4v) is 4.30. The number of aryl methyl sites for hydroxylation is 3. The molecule has 0 saturated carbocycles. The number of methoxy groups -OCH3 is 1. The monoisotopic (exact) mass is 492 g/mol. The van der Waals surface area contributed by atoms with Crippen molar-refractivity contribution in [3.63, 3.8) is 0 Å². The van der Waals surface area contributed by atoms with Gasteiger partial charge in [0.15, 0.2) is 17.9 Å². The molecule has 2 unspecified atom stereocenters. The third-order valence-corrected chi connectivity index (χ3v) is 6.10. The van der Waals surface area contributed by atoms with Crippen LogP contribution in [0.5, 0.6) is 5.75 Å². The van der Waals surface area contributed by atoms with Crippen LogP contribution in [0.1, 0.15) is 29.5 Å². The van der Waals surface area contributed by atoms with Crippen molar-refractivity contribution in [2.45, 2.75) is 51.1 Å². The fraction of sp³-hybridized carbons (Fsp3) is 0.407. The summed E-state index contributed by atoms with van der Waals surface area (Å²) in [5, 5.41) is 1.31. The van der Waals surface area contributed by atoms with Crippen LogP contribution < -0.4 is 4.74 Å². The average molecular weight is 493 g/mol. The van der Waals surface area contributed by atoms with Crippen molar-refractivity contribution in [1.82, 2.24) is 0 Å². The maximum Gasteiger partial charge on any atom is 0.387 e. The molecule has 0 aromatic heterocycles. The third kappa shape index (κ3) is 6.72. The first-order valence-corrected chi connectivity index (χ1v) is 11.6. The Bertz CT molecular complexity index is 1140. The van der Waals surface area contributed by atoms with Crippen LogP contribution in [0.15, 0.2) is 48.5 Å². The third-order valence-electron chi connectivity index (χ3n) is 6.10. The Morgan fingerprint density at radius 1 is 0.971 bits per heavy atom. The van der Waals surface area contributed by atoms with Gasteiger partial charge >= 0.3 is 6.61 Å². The number of benzene rings is 3. The van der Waals surface area contributed by atoms with Gasteiger partial charge in [0.2, 0.25) is 0 Å². The first-order chi connectivity index (χ1) is 16.9. The first-order valence-electron chi connectivity index (χ1n) is 11.6. The van der Waals surface area contributed by atoms with Crippen LogP contribution in [0.3, 0.4) is 0 Å². The van der Waals surface area contributed by atoms with E-state index in [0.717, 1.165) is 35.9 Å². The molecule has 8 heteroatoms. The minimum atomic E-state index is -3.09. The molecule has 2 atom stereocenters. The molecule has 1 fully saturated rings. The predicted molar refractivity (Wildman–Crippen MR) is 124 cm³/mol. The zero-order valence-corrected chi connectivity index (χ0v) is 19.4. The Balaban J connectivity index is 1.37. The Morgan fingerprint density at radius 2 is 1.77 bits per heavy atom. The molecule has 1 aliphatic rings. The van der Waals surface area contributed by atoms with Gasteiger partial charge in [-0.25, -0.2) is 8.78 Å². The highest BCUT2D eigenvalue weighted by atomic mass is 19.3. The van der Waals surface area contributed by atoms with E-state index in [9.17, 15) is 13.2 Å². The Hall–Kier alpha value is -2.68. The van der Waals surface area contributed by atoms with Crippen molar-refractivity contribution in [3.8, 4) is 5.75 Å². The van der Waals surface area contributed by atoms with Crippen LogP contribution in [0.4, 0.5) is 17.6 Å². The highest BCUT2D eigenvalue weighted by molar-refractivity contribution is 5.84. The summed E-state index contributed by atoms with van der Waals surface area (Å²) in [5.74, 6) is -1.69. The maximum absolute atomic E-state index is 15.2. The second-order valence-corrected chi connectivity index (χ2v) is 8.58. The van der Waals surface area contributed by atoms with Gasteiger partial charge in [-0.3, -0.25) is 0 Å². The molecule has 0 radical (unpaired) electrons. The lowest BCUT2D eigenvalue weighted by atomic mass is 9.98. The van der Waals surface area contributed by atoms with E-state index in [-0.39, 0.29) is 18.2 Å². The molecule has 0 aliphatic carbocycles. The second kappa shape index (κ2) is 11.8. The highest BCUT2D eigenvalue weighted by Gasteiger charge is 2.22.